The highest BCUT2D eigenvalue weighted by atomic mass is 32.2. The first-order valence-electron chi connectivity index (χ1n) is 8.77. The summed E-state index contributed by atoms with van der Waals surface area (Å²) in [6.45, 7) is 3.03. The van der Waals surface area contributed by atoms with Gasteiger partial charge in [0.25, 0.3) is 0 Å². The van der Waals surface area contributed by atoms with Crippen LogP contribution >= 0.6 is 23.5 Å². The lowest BCUT2D eigenvalue weighted by atomic mass is 9.84. The van der Waals surface area contributed by atoms with Crippen molar-refractivity contribution >= 4 is 29.5 Å². The second-order valence-electron chi connectivity index (χ2n) is 6.97. The molecule has 1 fully saturated rings. The van der Waals surface area contributed by atoms with E-state index in [1.807, 2.05) is 30.4 Å². The van der Waals surface area contributed by atoms with Crippen molar-refractivity contribution in [1.29, 1.82) is 0 Å². The number of esters is 1. The van der Waals surface area contributed by atoms with E-state index in [0.29, 0.717) is 6.04 Å². The van der Waals surface area contributed by atoms with E-state index in [1.165, 1.54) is 23.2 Å². The molecule has 1 saturated heterocycles. The number of thioether (sulfide) groups is 2. The van der Waals surface area contributed by atoms with E-state index >= 15 is 0 Å². The van der Waals surface area contributed by atoms with Gasteiger partial charge in [0.2, 0.25) is 0 Å². The molecule has 4 aliphatic rings. The maximum absolute atomic E-state index is 12.7. The van der Waals surface area contributed by atoms with Crippen LogP contribution in [0, 0.1) is 0 Å². The van der Waals surface area contributed by atoms with E-state index in [-0.39, 0.29) is 16.2 Å². The molecule has 0 aromatic heterocycles. The third-order valence-corrected chi connectivity index (χ3v) is 9.02. The minimum absolute atomic E-state index is 0.0725. The number of benzene rings is 1. The molecular formula is C19H21NO2S2. The first kappa shape index (κ1) is 15.2. The molecule has 5 heteroatoms. The van der Waals surface area contributed by atoms with Crippen LogP contribution in [0.4, 0.5) is 0 Å². The zero-order chi connectivity index (χ0) is 16.3. The highest BCUT2D eigenvalue weighted by Crippen LogP contribution is 2.60. The maximum Gasteiger partial charge on any atom is 0.338 e. The van der Waals surface area contributed by atoms with Crippen LogP contribution in [0.2, 0.25) is 0 Å². The van der Waals surface area contributed by atoms with Crippen LogP contribution in [0.1, 0.15) is 36.9 Å². The van der Waals surface area contributed by atoms with Gasteiger partial charge in [-0.05, 0) is 42.4 Å². The Morgan fingerprint density at radius 3 is 2.88 bits per heavy atom. The van der Waals surface area contributed by atoms with E-state index in [1.54, 1.807) is 0 Å². The summed E-state index contributed by atoms with van der Waals surface area (Å²) in [5.74, 6) is 2.20. The Morgan fingerprint density at radius 2 is 2.04 bits per heavy atom. The van der Waals surface area contributed by atoms with Crippen molar-refractivity contribution in [1.82, 2.24) is 4.90 Å². The Morgan fingerprint density at radius 1 is 1.25 bits per heavy atom. The summed E-state index contributed by atoms with van der Waals surface area (Å²) in [7, 11) is 0. The minimum atomic E-state index is -0.111. The van der Waals surface area contributed by atoms with Crippen molar-refractivity contribution in [2.45, 2.75) is 42.4 Å². The number of carbonyl (C=O) groups excluding carboxylic acids is 1. The Bertz CT molecular complexity index is 739. The van der Waals surface area contributed by atoms with Crippen molar-refractivity contribution in [2.24, 2.45) is 0 Å². The molecule has 0 saturated carbocycles. The Kier molecular flexibility index (Phi) is 3.46. The van der Waals surface area contributed by atoms with Gasteiger partial charge >= 0.3 is 5.97 Å². The molecule has 0 bridgehead atoms. The number of carbonyl (C=O) groups is 1. The number of hydrogen-bond donors (Lipinski definition) is 0. The molecule has 0 amide bonds. The van der Waals surface area contributed by atoms with Crippen molar-refractivity contribution in [3.05, 3.63) is 46.7 Å². The van der Waals surface area contributed by atoms with Gasteiger partial charge in [-0.1, -0.05) is 24.3 Å². The minimum Gasteiger partial charge on any atom is -0.453 e. The molecule has 2 atom stereocenters. The zero-order valence-corrected chi connectivity index (χ0v) is 15.4. The second-order valence-corrected chi connectivity index (χ2v) is 10.0. The lowest BCUT2D eigenvalue weighted by Gasteiger charge is -2.50. The van der Waals surface area contributed by atoms with Crippen LogP contribution in [-0.2, 0) is 16.0 Å². The molecule has 5 rings (SSSR count). The fourth-order valence-electron chi connectivity index (χ4n) is 4.66. The van der Waals surface area contributed by atoms with Crippen LogP contribution in [0.3, 0.4) is 0 Å². The molecule has 4 heterocycles. The topological polar surface area (TPSA) is 29.5 Å². The van der Waals surface area contributed by atoms with Gasteiger partial charge in [0.1, 0.15) is 6.10 Å². The molecule has 0 aliphatic carbocycles. The molecule has 1 unspecified atom stereocenters. The first-order chi connectivity index (χ1) is 11.7. The standard InChI is InChI=1S/C19H21NO2S2/c1-12-17-16(18(21)22-12)19(23-9-4-10-24-19)11-15-14-6-3-2-5-13(14)7-8-20(15)17/h2-3,5-6,12,15H,4,7-11H2,1H3/t12-,15?/m1/s1. The number of rotatable bonds is 0. The molecule has 4 aliphatic heterocycles. The lowest BCUT2D eigenvalue weighted by molar-refractivity contribution is -0.139. The Hall–Kier alpha value is -1.07. The smallest absolute Gasteiger partial charge is 0.338 e. The predicted octanol–water partition coefficient (Wildman–Crippen LogP) is 3.76. The molecule has 1 spiro atoms. The summed E-state index contributed by atoms with van der Waals surface area (Å²) in [5.41, 5.74) is 5.07. The van der Waals surface area contributed by atoms with Gasteiger partial charge in [-0.2, -0.15) is 0 Å². The summed E-state index contributed by atoms with van der Waals surface area (Å²) >= 11 is 3.95. The first-order valence-corrected chi connectivity index (χ1v) is 10.7. The monoisotopic (exact) mass is 359 g/mol. The zero-order valence-electron chi connectivity index (χ0n) is 13.8. The highest BCUT2D eigenvalue weighted by molar-refractivity contribution is 8.19. The average molecular weight is 360 g/mol. The molecule has 0 radical (unpaired) electrons. The SMILES string of the molecule is C[C@H]1OC(=O)C2=C1N1CCc3ccccc3C1CC21SCCCS1. The van der Waals surface area contributed by atoms with E-state index in [2.05, 4.69) is 29.2 Å². The molecule has 126 valence electrons. The van der Waals surface area contributed by atoms with E-state index in [0.717, 1.165) is 36.5 Å². The van der Waals surface area contributed by atoms with Crippen LogP contribution in [0.15, 0.2) is 35.5 Å². The van der Waals surface area contributed by atoms with Gasteiger partial charge in [0.05, 0.1) is 21.4 Å². The third kappa shape index (κ3) is 2.03. The van der Waals surface area contributed by atoms with Gasteiger partial charge in [0, 0.05) is 13.0 Å². The summed E-state index contributed by atoms with van der Waals surface area (Å²) in [4.78, 5) is 15.2. The number of fused-ring (bicyclic) bond motifs is 5. The quantitative estimate of drug-likeness (QED) is 0.658. The number of ether oxygens (including phenoxy) is 1. The molecule has 1 aromatic rings. The number of nitrogens with zero attached hydrogens (tertiary/aromatic N) is 1. The lowest BCUT2D eigenvalue weighted by Crippen LogP contribution is -2.47. The van der Waals surface area contributed by atoms with Gasteiger partial charge in [-0.15, -0.1) is 23.5 Å². The number of hydrogen-bond acceptors (Lipinski definition) is 5. The van der Waals surface area contributed by atoms with Crippen molar-refractivity contribution < 1.29 is 9.53 Å². The van der Waals surface area contributed by atoms with E-state index in [4.69, 9.17) is 4.74 Å². The Labute approximate surface area is 151 Å². The summed E-state index contributed by atoms with van der Waals surface area (Å²) in [6, 6.07) is 9.23. The van der Waals surface area contributed by atoms with Crippen molar-refractivity contribution in [3.8, 4) is 0 Å². The molecule has 24 heavy (non-hydrogen) atoms. The van der Waals surface area contributed by atoms with Gasteiger partial charge in [-0.3, -0.25) is 0 Å². The number of cyclic esters (lactones) is 1. The molecular weight excluding hydrogens is 338 g/mol. The van der Waals surface area contributed by atoms with Crippen LogP contribution in [-0.4, -0.2) is 39.1 Å². The van der Waals surface area contributed by atoms with Crippen LogP contribution in [0.25, 0.3) is 0 Å². The summed E-state index contributed by atoms with van der Waals surface area (Å²) < 4.78 is 5.58. The maximum atomic E-state index is 12.7. The van der Waals surface area contributed by atoms with E-state index < -0.39 is 0 Å². The van der Waals surface area contributed by atoms with Crippen LogP contribution < -0.4 is 0 Å². The van der Waals surface area contributed by atoms with Gasteiger partial charge in [0.15, 0.2) is 0 Å². The largest absolute Gasteiger partial charge is 0.453 e. The Balaban J connectivity index is 1.68. The highest BCUT2D eigenvalue weighted by Gasteiger charge is 2.55. The third-order valence-electron chi connectivity index (χ3n) is 5.65. The molecule has 1 aromatic carbocycles. The van der Waals surface area contributed by atoms with Gasteiger partial charge in [-0.25, -0.2) is 4.79 Å². The van der Waals surface area contributed by atoms with Crippen molar-refractivity contribution in [2.75, 3.05) is 18.1 Å². The van der Waals surface area contributed by atoms with Crippen molar-refractivity contribution in [3.63, 3.8) is 0 Å². The summed E-state index contributed by atoms with van der Waals surface area (Å²) in [6.07, 6.45) is 3.19. The molecule has 0 N–H and O–H groups in total. The second kappa shape index (κ2) is 5.46. The molecule has 3 nitrogen and oxygen atoms in total. The van der Waals surface area contributed by atoms with Gasteiger partial charge < -0.3 is 9.64 Å². The van der Waals surface area contributed by atoms with Crippen LogP contribution in [0.5, 0.6) is 0 Å². The summed E-state index contributed by atoms with van der Waals surface area (Å²) in [5, 5.41) is 0. The predicted molar refractivity (Wildman–Crippen MR) is 99.1 cm³/mol. The normalized spacial score (nSPS) is 30.7. The average Bonchev–Trinajstić information content (AvgIpc) is 2.91. The fraction of sp³-hybridized carbons (Fsp3) is 0.526. The fourth-order valence-corrected chi connectivity index (χ4v) is 8.13. The van der Waals surface area contributed by atoms with E-state index in [9.17, 15) is 4.79 Å².